The van der Waals surface area contributed by atoms with Crippen LogP contribution in [0.4, 0.5) is 11.4 Å². The highest BCUT2D eigenvalue weighted by Gasteiger charge is 2.14. The second kappa shape index (κ2) is 5.90. The van der Waals surface area contributed by atoms with E-state index in [1.54, 1.807) is 30.6 Å². The van der Waals surface area contributed by atoms with Gasteiger partial charge in [-0.05, 0) is 18.2 Å². The number of rotatable bonds is 4. The van der Waals surface area contributed by atoms with E-state index in [1.807, 2.05) is 0 Å². The Morgan fingerprint density at radius 3 is 2.89 bits per heavy atom. The highest BCUT2D eigenvalue weighted by atomic mass is 35.5. The molecule has 0 saturated carbocycles. The molecule has 0 saturated heterocycles. The predicted molar refractivity (Wildman–Crippen MR) is 76.3 cm³/mol. The van der Waals surface area contributed by atoms with Crippen LogP contribution in [0.15, 0.2) is 41.6 Å². The second-order valence-corrected chi connectivity index (χ2v) is 5.19. The summed E-state index contributed by atoms with van der Waals surface area (Å²) < 4.78 is 0. The Kier molecular flexibility index (Phi) is 4.24. The number of anilines is 1. The lowest BCUT2D eigenvalue weighted by Crippen LogP contribution is -1.95. The van der Waals surface area contributed by atoms with Crippen molar-refractivity contribution in [3.05, 3.63) is 57.4 Å². The predicted octanol–water partition coefficient (Wildman–Crippen LogP) is 3.52. The summed E-state index contributed by atoms with van der Waals surface area (Å²) in [5.74, 6) is 0.446. The molecule has 0 bridgehead atoms. The molecule has 7 heteroatoms. The first kappa shape index (κ1) is 13.6. The van der Waals surface area contributed by atoms with Gasteiger partial charge in [-0.15, -0.1) is 11.8 Å². The molecule has 0 spiro atoms. The first-order valence-electron chi connectivity index (χ1n) is 5.33. The second-order valence-electron chi connectivity index (χ2n) is 3.73. The van der Waals surface area contributed by atoms with Gasteiger partial charge in [0.05, 0.1) is 16.8 Å². The molecule has 1 aromatic heterocycles. The van der Waals surface area contributed by atoms with E-state index in [0.717, 1.165) is 4.90 Å². The summed E-state index contributed by atoms with van der Waals surface area (Å²) in [6, 6.07) is 6.43. The van der Waals surface area contributed by atoms with Gasteiger partial charge in [0.25, 0.3) is 5.69 Å². The number of hydrogen-bond acceptors (Lipinski definition) is 5. The molecule has 0 fully saturated rings. The van der Waals surface area contributed by atoms with Crippen molar-refractivity contribution in [2.45, 2.75) is 10.6 Å². The number of thioether (sulfide) groups is 1. The third-order valence-electron chi connectivity index (χ3n) is 2.44. The number of nitrogens with zero attached hydrogens (tertiary/aromatic N) is 2. The number of nitrogens with two attached hydrogens (primary N) is 1. The Morgan fingerprint density at radius 1 is 1.42 bits per heavy atom. The molecule has 0 unspecified atom stereocenters. The Balaban J connectivity index is 2.20. The van der Waals surface area contributed by atoms with E-state index >= 15 is 0 Å². The number of hydrogen-bond donors (Lipinski definition) is 1. The molecule has 1 heterocycles. The molecule has 0 aliphatic heterocycles. The fourth-order valence-corrected chi connectivity index (χ4v) is 2.61. The Labute approximate surface area is 118 Å². The van der Waals surface area contributed by atoms with Gasteiger partial charge in [-0.2, -0.15) is 0 Å². The van der Waals surface area contributed by atoms with E-state index in [2.05, 4.69) is 4.98 Å². The number of benzene rings is 1. The van der Waals surface area contributed by atoms with Crippen molar-refractivity contribution in [1.29, 1.82) is 0 Å². The molecule has 2 N–H and O–H groups in total. The lowest BCUT2D eigenvalue weighted by Gasteiger charge is -2.05. The highest BCUT2D eigenvalue weighted by molar-refractivity contribution is 7.98. The van der Waals surface area contributed by atoms with Crippen LogP contribution in [-0.2, 0) is 5.75 Å². The smallest absolute Gasteiger partial charge is 0.274 e. The maximum atomic E-state index is 11.0. The monoisotopic (exact) mass is 295 g/mol. The molecule has 0 atom stereocenters. The van der Waals surface area contributed by atoms with Crippen molar-refractivity contribution >= 4 is 34.7 Å². The van der Waals surface area contributed by atoms with E-state index in [1.165, 1.54) is 17.8 Å². The van der Waals surface area contributed by atoms with Gasteiger partial charge in [0, 0.05) is 33.5 Å². The number of nitrogen functional groups attached to an aromatic ring is 1. The van der Waals surface area contributed by atoms with E-state index in [0.29, 0.717) is 22.0 Å². The van der Waals surface area contributed by atoms with Gasteiger partial charge < -0.3 is 5.73 Å². The lowest BCUT2D eigenvalue weighted by atomic mass is 10.2. The van der Waals surface area contributed by atoms with Crippen molar-refractivity contribution in [2.75, 3.05) is 5.73 Å². The Bertz CT molecular complexity index is 622. The number of halogens is 1. The number of pyridine rings is 1. The normalized spacial score (nSPS) is 10.4. The average Bonchev–Trinajstić information content (AvgIpc) is 2.38. The minimum Gasteiger partial charge on any atom is -0.397 e. The van der Waals surface area contributed by atoms with Crippen LogP contribution in [-0.4, -0.2) is 9.91 Å². The molecule has 98 valence electrons. The fourth-order valence-electron chi connectivity index (χ4n) is 1.51. The maximum Gasteiger partial charge on any atom is 0.274 e. The summed E-state index contributed by atoms with van der Waals surface area (Å²) in [6.07, 6.45) is 3.19. The van der Waals surface area contributed by atoms with Crippen LogP contribution in [0.25, 0.3) is 0 Å². The molecule has 0 aliphatic carbocycles. The molecule has 2 aromatic rings. The van der Waals surface area contributed by atoms with Crippen molar-refractivity contribution < 1.29 is 4.92 Å². The van der Waals surface area contributed by atoms with Gasteiger partial charge in [-0.3, -0.25) is 15.1 Å². The van der Waals surface area contributed by atoms with Crippen LogP contribution < -0.4 is 5.73 Å². The van der Waals surface area contributed by atoms with Crippen molar-refractivity contribution in [3.8, 4) is 0 Å². The standard InChI is InChI=1S/C12H10ClN3O2S/c13-9-2-1-8(11(5-9)16(17)18)7-19-12-3-4-15-6-10(12)14/h1-6H,7,14H2. The van der Waals surface area contributed by atoms with E-state index in [4.69, 9.17) is 17.3 Å². The molecule has 0 aliphatic rings. The first-order chi connectivity index (χ1) is 9.08. The minimum atomic E-state index is -0.433. The number of aromatic nitrogens is 1. The Morgan fingerprint density at radius 2 is 2.21 bits per heavy atom. The van der Waals surface area contributed by atoms with E-state index < -0.39 is 4.92 Å². The van der Waals surface area contributed by atoms with Crippen molar-refractivity contribution in [2.24, 2.45) is 0 Å². The van der Waals surface area contributed by atoms with Crippen LogP contribution in [0.5, 0.6) is 0 Å². The first-order valence-corrected chi connectivity index (χ1v) is 6.69. The summed E-state index contributed by atoms with van der Waals surface area (Å²) in [5, 5.41) is 11.3. The molecule has 1 aromatic carbocycles. The van der Waals surface area contributed by atoms with Crippen LogP contribution in [0, 0.1) is 10.1 Å². The SMILES string of the molecule is Nc1cnccc1SCc1ccc(Cl)cc1[N+](=O)[O-]. The molecular weight excluding hydrogens is 286 g/mol. The van der Waals surface area contributed by atoms with Gasteiger partial charge in [-0.25, -0.2) is 0 Å². The molecule has 2 rings (SSSR count). The van der Waals surface area contributed by atoms with Gasteiger partial charge in [-0.1, -0.05) is 11.6 Å². The van der Waals surface area contributed by atoms with Crippen LogP contribution in [0.2, 0.25) is 5.02 Å². The fraction of sp³-hybridized carbons (Fsp3) is 0.0833. The van der Waals surface area contributed by atoms with Crippen LogP contribution in [0.1, 0.15) is 5.56 Å². The zero-order valence-corrected chi connectivity index (χ0v) is 11.3. The van der Waals surface area contributed by atoms with Crippen molar-refractivity contribution in [3.63, 3.8) is 0 Å². The summed E-state index contributed by atoms with van der Waals surface area (Å²) in [4.78, 5) is 15.3. The number of nitro groups is 1. The molecule has 19 heavy (non-hydrogen) atoms. The van der Waals surface area contributed by atoms with Crippen molar-refractivity contribution in [1.82, 2.24) is 4.98 Å². The Hall–Kier alpha value is -1.79. The van der Waals surface area contributed by atoms with E-state index in [9.17, 15) is 10.1 Å². The molecule has 0 radical (unpaired) electrons. The van der Waals surface area contributed by atoms with Crippen LogP contribution in [0.3, 0.4) is 0 Å². The third kappa shape index (κ3) is 3.36. The van der Waals surface area contributed by atoms with Gasteiger partial charge >= 0.3 is 0 Å². The maximum absolute atomic E-state index is 11.0. The average molecular weight is 296 g/mol. The van der Waals surface area contributed by atoms with Gasteiger partial charge in [0.15, 0.2) is 0 Å². The third-order valence-corrected chi connectivity index (χ3v) is 3.81. The van der Waals surface area contributed by atoms with E-state index in [-0.39, 0.29) is 5.69 Å². The largest absolute Gasteiger partial charge is 0.397 e. The summed E-state index contributed by atoms with van der Waals surface area (Å²) >= 11 is 7.19. The van der Waals surface area contributed by atoms with Crippen LogP contribution >= 0.6 is 23.4 Å². The zero-order valence-electron chi connectivity index (χ0n) is 9.75. The summed E-state index contributed by atoms with van der Waals surface area (Å²) in [6.45, 7) is 0. The summed E-state index contributed by atoms with van der Waals surface area (Å²) in [7, 11) is 0. The molecule has 0 amide bonds. The lowest BCUT2D eigenvalue weighted by molar-refractivity contribution is -0.385. The van der Waals surface area contributed by atoms with Gasteiger partial charge in [0.1, 0.15) is 0 Å². The zero-order chi connectivity index (χ0) is 13.8. The minimum absolute atomic E-state index is 0.0210. The molecular formula is C12H10ClN3O2S. The molecule has 5 nitrogen and oxygen atoms in total. The van der Waals surface area contributed by atoms with Gasteiger partial charge in [0.2, 0.25) is 0 Å². The summed E-state index contributed by atoms with van der Waals surface area (Å²) in [5.41, 5.74) is 6.96. The topological polar surface area (TPSA) is 82.0 Å². The highest BCUT2D eigenvalue weighted by Crippen LogP contribution is 2.31. The quantitative estimate of drug-likeness (QED) is 0.530. The number of nitro benzene ring substituents is 1.